The number of anilines is 2. The summed E-state index contributed by atoms with van der Waals surface area (Å²) < 4.78 is 1.76. The van der Waals surface area contributed by atoms with Gasteiger partial charge < -0.3 is 9.80 Å². The van der Waals surface area contributed by atoms with E-state index < -0.39 is 0 Å². The average Bonchev–Trinajstić information content (AvgIpc) is 3.03. The van der Waals surface area contributed by atoms with E-state index in [1.165, 1.54) is 0 Å². The summed E-state index contributed by atoms with van der Waals surface area (Å²) >= 11 is 0. The number of piperazine rings is 1. The molecule has 26 heavy (non-hydrogen) atoms. The molecule has 0 aromatic carbocycles. The minimum absolute atomic E-state index is 0.667. The lowest BCUT2D eigenvalue weighted by Gasteiger charge is -2.37. The molecule has 1 aliphatic rings. The van der Waals surface area contributed by atoms with Crippen LogP contribution >= 0.6 is 0 Å². The van der Waals surface area contributed by atoms with Crippen molar-refractivity contribution in [3.63, 3.8) is 0 Å². The first-order chi connectivity index (χ1) is 12.6. The predicted molar refractivity (Wildman–Crippen MR) is 99.2 cm³/mol. The standard InChI is InChI=1S/C18H20N8/c1-12-8-16(14(9-19)13(2)23-12)25-4-6-26(7-5-25)18-15-10-22-24(3)17(15)20-11-21-18/h8,10-11H,4-7H2,1-3H3. The zero-order chi connectivity index (χ0) is 18.3. The molecule has 1 aliphatic heterocycles. The summed E-state index contributed by atoms with van der Waals surface area (Å²) in [7, 11) is 1.88. The molecule has 0 N–H and O–H groups in total. The number of nitrogens with zero attached hydrogens (tertiary/aromatic N) is 8. The van der Waals surface area contributed by atoms with Crippen LogP contribution in [0, 0.1) is 25.2 Å². The molecule has 3 aromatic rings. The van der Waals surface area contributed by atoms with Gasteiger partial charge in [0.15, 0.2) is 5.65 Å². The van der Waals surface area contributed by atoms with Gasteiger partial charge >= 0.3 is 0 Å². The lowest BCUT2D eigenvalue weighted by Crippen LogP contribution is -2.47. The van der Waals surface area contributed by atoms with E-state index in [-0.39, 0.29) is 0 Å². The van der Waals surface area contributed by atoms with Crippen LogP contribution in [0.3, 0.4) is 0 Å². The van der Waals surface area contributed by atoms with Gasteiger partial charge in [0.25, 0.3) is 0 Å². The Morgan fingerprint density at radius 1 is 1.08 bits per heavy atom. The van der Waals surface area contributed by atoms with Gasteiger partial charge in [-0.25, -0.2) is 9.97 Å². The number of aryl methyl sites for hydroxylation is 3. The van der Waals surface area contributed by atoms with Crippen molar-refractivity contribution >= 4 is 22.5 Å². The smallest absolute Gasteiger partial charge is 0.163 e. The molecule has 8 heteroatoms. The van der Waals surface area contributed by atoms with Crippen molar-refractivity contribution in [3.8, 4) is 6.07 Å². The van der Waals surface area contributed by atoms with E-state index in [2.05, 4.69) is 35.9 Å². The molecule has 0 spiro atoms. The van der Waals surface area contributed by atoms with Gasteiger partial charge in [0, 0.05) is 38.9 Å². The fourth-order valence-electron chi connectivity index (χ4n) is 3.56. The third kappa shape index (κ3) is 2.62. The van der Waals surface area contributed by atoms with Crippen LogP contribution in [-0.4, -0.2) is 50.9 Å². The van der Waals surface area contributed by atoms with Crippen LogP contribution in [-0.2, 0) is 7.05 Å². The van der Waals surface area contributed by atoms with Crippen LogP contribution in [0.2, 0.25) is 0 Å². The summed E-state index contributed by atoms with van der Waals surface area (Å²) in [5, 5.41) is 14.8. The van der Waals surface area contributed by atoms with Gasteiger partial charge in [0.2, 0.25) is 0 Å². The largest absolute Gasteiger partial charge is 0.367 e. The van der Waals surface area contributed by atoms with Crippen molar-refractivity contribution in [2.45, 2.75) is 13.8 Å². The molecule has 0 saturated carbocycles. The topological polar surface area (TPSA) is 86.8 Å². The van der Waals surface area contributed by atoms with Crippen molar-refractivity contribution in [1.29, 1.82) is 5.26 Å². The molecule has 1 saturated heterocycles. The van der Waals surface area contributed by atoms with Crippen molar-refractivity contribution in [2.75, 3.05) is 36.0 Å². The van der Waals surface area contributed by atoms with Gasteiger partial charge in [0.05, 0.1) is 28.5 Å². The van der Waals surface area contributed by atoms with Gasteiger partial charge in [-0.3, -0.25) is 9.67 Å². The molecule has 0 bridgehead atoms. The minimum Gasteiger partial charge on any atom is -0.367 e. The lowest BCUT2D eigenvalue weighted by atomic mass is 10.1. The highest BCUT2D eigenvalue weighted by atomic mass is 15.3. The number of hydrogen-bond acceptors (Lipinski definition) is 7. The Bertz CT molecular complexity index is 1010. The minimum atomic E-state index is 0.667. The number of rotatable bonds is 2. The van der Waals surface area contributed by atoms with Gasteiger partial charge in [-0.1, -0.05) is 0 Å². The maximum absolute atomic E-state index is 9.52. The highest BCUT2D eigenvalue weighted by molar-refractivity contribution is 5.86. The van der Waals surface area contributed by atoms with Crippen LogP contribution in [0.5, 0.6) is 0 Å². The highest BCUT2D eigenvalue weighted by Gasteiger charge is 2.23. The number of nitriles is 1. The Morgan fingerprint density at radius 3 is 2.54 bits per heavy atom. The molecular formula is C18H20N8. The SMILES string of the molecule is Cc1cc(N2CCN(c3ncnc4c3cnn4C)CC2)c(C#N)c(C)n1. The Kier molecular flexibility index (Phi) is 3.92. The Morgan fingerprint density at radius 2 is 1.81 bits per heavy atom. The molecule has 4 rings (SSSR count). The van der Waals surface area contributed by atoms with Crippen LogP contribution in [0.4, 0.5) is 11.5 Å². The van der Waals surface area contributed by atoms with Crippen LogP contribution < -0.4 is 9.80 Å². The number of pyridine rings is 1. The first-order valence-electron chi connectivity index (χ1n) is 8.59. The van der Waals surface area contributed by atoms with E-state index in [1.807, 2.05) is 33.2 Å². The number of fused-ring (bicyclic) bond motifs is 1. The lowest BCUT2D eigenvalue weighted by molar-refractivity contribution is 0.647. The first kappa shape index (κ1) is 16.3. The number of hydrogen-bond donors (Lipinski definition) is 0. The second-order valence-electron chi connectivity index (χ2n) is 6.53. The first-order valence-corrected chi connectivity index (χ1v) is 8.59. The molecule has 8 nitrogen and oxygen atoms in total. The Balaban J connectivity index is 1.59. The molecule has 3 aromatic heterocycles. The molecule has 0 amide bonds. The second-order valence-corrected chi connectivity index (χ2v) is 6.53. The molecule has 1 fully saturated rings. The zero-order valence-corrected chi connectivity index (χ0v) is 15.1. The normalized spacial score (nSPS) is 14.7. The summed E-state index contributed by atoms with van der Waals surface area (Å²) in [5.74, 6) is 0.922. The summed E-state index contributed by atoms with van der Waals surface area (Å²) in [6.45, 7) is 7.16. The molecule has 4 heterocycles. The Labute approximate surface area is 151 Å². The summed E-state index contributed by atoms with van der Waals surface area (Å²) in [6.07, 6.45) is 3.41. The fourth-order valence-corrected chi connectivity index (χ4v) is 3.56. The highest BCUT2D eigenvalue weighted by Crippen LogP contribution is 2.27. The van der Waals surface area contributed by atoms with Gasteiger partial charge in [-0.05, 0) is 19.9 Å². The summed E-state index contributed by atoms with van der Waals surface area (Å²) in [4.78, 5) is 17.7. The zero-order valence-electron chi connectivity index (χ0n) is 15.1. The van der Waals surface area contributed by atoms with Crippen molar-refractivity contribution in [1.82, 2.24) is 24.7 Å². The van der Waals surface area contributed by atoms with E-state index in [9.17, 15) is 5.26 Å². The van der Waals surface area contributed by atoms with Gasteiger partial charge in [-0.15, -0.1) is 0 Å². The maximum atomic E-state index is 9.52. The quantitative estimate of drug-likeness (QED) is 0.695. The van der Waals surface area contributed by atoms with Gasteiger partial charge in [-0.2, -0.15) is 10.4 Å². The average molecular weight is 348 g/mol. The van der Waals surface area contributed by atoms with Crippen molar-refractivity contribution in [2.24, 2.45) is 7.05 Å². The molecule has 0 radical (unpaired) electrons. The van der Waals surface area contributed by atoms with E-state index in [0.717, 1.165) is 60.1 Å². The predicted octanol–water partition coefficient (Wildman–Crippen LogP) is 1.57. The number of aromatic nitrogens is 5. The molecule has 0 atom stereocenters. The molecule has 0 unspecified atom stereocenters. The molecule has 132 valence electrons. The van der Waals surface area contributed by atoms with Crippen LogP contribution in [0.1, 0.15) is 17.0 Å². The fraction of sp³-hybridized carbons (Fsp3) is 0.389. The van der Waals surface area contributed by atoms with E-state index >= 15 is 0 Å². The monoisotopic (exact) mass is 348 g/mol. The molecular weight excluding hydrogens is 328 g/mol. The van der Waals surface area contributed by atoms with E-state index in [4.69, 9.17) is 0 Å². The van der Waals surface area contributed by atoms with Gasteiger partial charge in [0.1, 0.15) is 18.2 Å². The van der Waals surface area contributed by atoms with E-state index in [1.54, 1.807) is 11.0 Å². The van der Waals surface area contributed by atoms with Crippen LogP contribution in [0.25, 0.3) is 11.0 Å². The third-order valence-corrected chi connectivity index (χ3v) is 4.85. The Hall–Kier alpha value is -3.21. The van der Waals surface area contributed by atoms with Crippen molar-refractivity contribution in [3.05, 3.63) is 35.5 Å². The third-order valence-electron chi connectivity index (χ3n) is 4.85. The summed E-state index contributed by atoms with van der Waals surface area (Å²) in [6, 6.07) is 4.31. The van der Waals surface area contributed by atoms with Crippen LogP contribution in [0.15, 0.2) is 18.6 Å². The maximum Gasteiger partial charge on any atom is 0.163 e. The van der Waals surface area contributed by atoms with Crippen molar-refractivity contribution < 1.29 is 0 Å². The van der Waals surface area contributed by atoms with E-state index in [0.29, 0.717) is 5.56 Å². The summed E-state index contributed by atoms with van der Waals surface area (Å²) in [5.41, 5.74) is 4.21. The molecule has 0 aliphatic carbocycles. The second kappa shape index (κ2) is 6.26.